The number of halogens is 1. The lowest BCUT2D eigenvalue weighted by Gasteiger charge is -2.27. The summed E-state index contributed by atoms with van der Waals surface area (Å²) in [5, 5.41) is 13.6. The summed E-state index contributed by atoms with van der Waals surface area (Å²) >= 11 is 5.58. The van der Waals surface area contributed by atoms with Crippen LogP contribution < -0.4 is 5.32 Å². The van der Waals surface area contributed by atoms with Crippen molar-refractivity contribution in [2.75, 3.05) is 13.2 Å². The summed E-state index contributed by atoms with van der Waals surface area (Å²) in [6.07, 6.45) is 1.77. The molecule has 0 amide bonds. The Morgan fingerprint density at radius 3 is 2.59 bits per heavy atom. The third kappa shape index (κ3) is 3.52. The molecule has 0 aliphatic carbocycles. The van der Waals surface area contributed by atoms with E-state index >= 15 is 0 Å². The number of hydrogen-bond acceptors (Lipinski definition) is 3. The van der Waals surface area contributed by atoms with E-state index in [4.69, 9.17) is 12.2 Å². The van der Waals surface area contributed by atoms with E-state index in [1.807, 2.05) is 30.0 Å². The molecule has 3 aromatic rings. The van der Waals surface area contributed by atoms with E-state index in [9.17, 15) is 9.50 Å². The zero-order chi connectivity index (χ0) is 20.5. The van der Waals surface area contributed by atoms with Crippen LogP contribution in [0.4, 0.5) is 4.39 Å². The van der Waals surface area contributed by atoms with Gasteiger partial charge in [-0.3, -0.25) is 4.98 Å². The molecular weight excluding hydrogens is 387 g/mol. The molecule has 1 saturated heterocycles. The van der Waals surface area contributed by atoms with E-state index in [0.29, 0.717) is 11.7 Å². The van der Waals surface area contributed by atoms with Crippen LogP contribution in [-0.4, -0.2) is 37.8 Å². The summed E-state index contributed by atoms with van der Waals surface area (Å²) in [6.45, 7) is 4.52. The third-order valence-electron chi connectivity index (χ3n) is 5.41. The molecule has 2 N–H and O–H groups in total. The van der Waals surface area contributed by atoms with E-state index in [-0.39, 0.29) is 24.5 Å². The second-order valence-electron chi connectivity index (χ2n) is 7.18. The molecule has 2 aromatic heterocycles. The van der Waals surface area contributed by atoms with Gasteiger partial charge in [-0.05, 0) is 74.1 Å². The van der Waals surface area contributed by atoms with Gasteiger partial charge in [0.25, 0.3) is 0 Å². The van der Waals surface area contributed by atoms with Crippen LogP contribution in [0.25, 0.3) is 5.69 Å². The van der Waals surface area contributed by atoms with Gasteiger partial charge in [0.2, 0.25) is 0 Å². The quantitative estimate of drug-likeness (QED) is 0.630. The van der Waals surface area contributed by atoms with Crippen molar-refractivity contribution in [3.8, 4) is 5.69 Å². The van der Waals surface area contributed by atoms with Gasteiger partial charge in [0.1, 0.15) is 5.82 Å². The van der Waals surface area contributed by atoms with Crippen LogP contribution in [0.3, 0.4) is 0 Å². The molecule has 0 bridgehead atoms. The molecule has 2 atom stereocenters. The number of benzene rings is 1. The fraction of sp³-hybridized carbons (Fsp3) is 0.273. The Morgan fingerprint density at radius 2 is 1.93 bits per heavy atom. The lowest BCUT2D eigenvalue weighted by atomic mass is 9.97. The Kier molecular flexibility index (Phi) is 5.34. The Balaban J connectivity index is 1.82. The fourth-order valence-electron chi connectivity index (χ4n) is 4.17. The molecule has 1 fully saturated rings. The zero-order valence-corrected chi connectivity index (χ0v) is 17.2. The SMILES string of the molecule is Cc1cc(C2C(c3ccccn3)NC(=S)N2CCO)c(C)n1-c1ccc(F)cc1. The van der Waals surface area contributed by atoms with Gasteiger partial charge in [-0.1, -0.05) is 6.07 Å². The van der Waals surface area contributed by atoms with Crippen LogP contribution in [-0.2, 0) is 0 Å². The first-order valence-corrected chi connectivity index (χ1v) is 9.95. The van der Waals surface area contributed by atoms with Crippen LogP contribution in [0.15, 0.2) is 54.7 Å². The Bertz CT molecular complexity index is 1020. The minimum atomic E-state index is -0.258. The largest absolute Gasteiger partial charge is 0.395 e. The van der Waals surface area contributed by atoms with Crippen LogP contribution in [0.5, 0.6) is 0 Å². The Hall–Kier alpha value is -2.77. The number of nitrogens with zero attached hydrogens (tertiary/aromatic N) is 3. The fourth-order valence-corrected chi connectivity index (χ4v) is 4.50. The highest BCUT2D eigenvalue weighted by Crippen LogP contribution is 2.41. The maximum absolute atomic E-state index is 13.4. The van der Waals surface area contributed by atoms with Crippen molar-refractivity contribution in [2.45, 2.75) is 25.9 Å². The minimum Gasteiger partial charge on any atom is -0.395 e. The monoisotopic (exact) mass is 410 g/mol. The second kappa shape index (κ2) is 7.93. The van der Waals surface area contributed by atoms with Crippen molar-refractivity contribution in [3.05, 3.63) is 83.2 Å². The summed E-state index contributed by atoms with van der Waals surface area (Å²) in [7, 11) is 0. The van der Waals surface area contributed by atoms with Gasteiger partial charge in [0, 0.05) is 29.8 Å². The molecule has 0 radical (unpaired) electrons. The molecule has 1 aromatic carbocycles. The Labute approximate surface area is 174 Å². The highest BCUT2D eigenvalue weighted by molar-refractivity contribution is 7.80. The highest BCUT2D eigenvalue weighted by atomic mass is 32.1. The second-order valence-corrected chi connectivity index (χ2v) is 7.57. The number of thiocarbonyl (C=S) groups is 1. The lowest BCUT2D eigenvalue weighted by Crippen LogP contribution is -2.32. The molecule has 4 rings (SSSR count). The van der Waals surface area contributed by atoms with Gasteiger partial charge in [-0.2, -0.15) is 0 Å². The van der Waals surface area contributed by atoms with Gasteiger partial charge in [0.05, 0.1) is 24.4 Å². The van der Waals surface area contributed by atoms with E-state index in [1.54, 1.807) is 18.3 Å². The van der Waals surface area contributed by atoms with Crippen molar-refractivity contribution in [2.24, 2.45) is 0 Å². The molecule has 0 saturated carbocycles. The average Bonchev–Trinajstić information content (AvgIpc) is 3.20. The van der Waals surface area contributed by atoms with Gasteiger partial charge < -0.3 is 19.9 Å². The van der Waals surface area contributed by atoms with Crippen molar-refractivity contribution in [1.82, 2.24) is 19.8 Å². The standard InChI is InChI=1S/C22H23FN4OS/c1-14-13-18(15(2)27(14)17-8-6-16(23)7-9-17)21-20(19-5-3-4-10-24-19)25-22(29)26(21)11-12-28/h3-10,13,20-21,28H,11-12H2,1-2H3,(H,25,29). The smallest absolute Gasteiger partial charge is 0.170 e. The third-order valence-corrected chi connectivity index (χ3v) is 5.76. The molecule has 2 unspecified atom stereocenters. The van der Waals surface area contributed by atoms with Crippen molar-refractivity contribution >= 4 is 17.3 Å². The lowest BCUT2D eigenvalue weighted by molar-refractivity contribution is 0.223. The molecule has 1 aliphatic heterocycles. The first-order chi connectivity index (χ1) is 14.0. The molecule has 0 spiro atoms. The topological polar surface area (TPSA) is 53.3 Å². The summed E-state index contributed by atoms with van der Waals surface area (Å²) in [4.78, 5) is 6.55. The number of pyridine rings is 1. The number of nitrogens with one attached hydrogen (secondary N) is 1. The van der Waals surface area contributed by atoms with Gasteiger partial charge in [-0.25, -0.2) is 4.39 Å². The predicted molar refractivity (Wildman–Crippen MR) is 114 cm³/mol. The average molecular weight is 411 g/mol. The van der Waals surface area contributed by atoms with E-state index in [2.05, 4.69) is 27.9 Å². The van der Waals surface area contributed by atoms with E-state index < -0.39 is 0 Å². The van der Waals surface area contributed by atoms with E-state index in [1.165, 1.54) is 12.1 Å². The van der Waals surface area contributed by atoms with Gasteiger partial charge >= 0.3 is 0 Å². The molecule has 150 valence electrons. The Morgan fingerprint density at radius 1 is 1.17 bits per heavy atom. The first kappa shape index (κ1) is 19.5. The van der Waals surface area contributed by atoms with E-state index in [0.717, 1.165) is 28.3 Å². The number of hydrogen-bond donors (Lipinski definition) is 2. The number of aliphatic hydroxyl groups is 1. The molecule has 5 nitrogen and oxygen atoms in total. The van der Waals surface area contributed by atoms with Crippen molar-refractivity contribution < 1.29 is 9.50 Å². The number of aryl methyl sites for hydroxylation is 1. The predicted octanol–water partition coefficient (Wildman–Crippen LogP) is 3.59. The summed E-state index contributed by atoms with van der Waals surface area (Å²) in [5.74, 6) is -0.258. The van der Waals surface area contributed by atoms with Crippen molar-refractivity contribution in [1.29, 1.82) is 0 Å². The number of β-amino-alcohol motifs (C(OH)–C–C–N with tert-alkyl or cyclic N) is 1. The van der Waals surface area contributed by atoms with Crippen LogP contribution in [0.1, 0.15) is 34.7 Å². The van der Waals surface area contributed by atoms with Gasteiger partial charge in [0.15, 0.2) is 5.11 Å². The number of rotatable bonds is 5. The summed E-state index contributed by atoms with van der Waals surface area (Å²) in [5.41, 5.74) is 5.00. The number of aliphatic hydroxyl groups excluding tert-OH is 1. The normalized spacial score (nSPS) is 18.9. The van der Waals surface area contributed by atoms with Crippen LogP contribution in [0, 0.1) is 19.7 Å². The minimum absolute atomic E-state index is 0.00393. The van der Waals surface area contributed by atoms with Gasteiger partial charge in [-0.15, -0.1) is 0 Å². The summed E-state index contributed by atoms with van der Waals surface area (Å²) < 4.78 is 15.5. The molecular formula is C22H23FN4OS. The molecule has 3 heterocycles. The van der Waals surface area contributed by atoms with Crippen LogP contribution in [0.2, 0.25) is 0 Å². The molecule has 1 aliphatic rings. The molecule has 29 heavy (non-hydrogen) atoms. The van der Waals surface area contributed by atoms with Crippen LogP contribution >= 0.6 is 12.2 Å². The zero-order valence-electron chi connectivity index (χ0n) is 16.3. The highest BCUT2D eigenvalue weighted by Gasteiger charge is 2.41. The van der Waals surface area contributed by atoms with Crippen molar-refractivity contribution in [3.63, 3.8) is 0 Å². The maximum atomic E-state index is 13.4. The number of aromatic nitrogens is 2. The molecule has 7 heteroatoms. The maximum Gasteiger partial charge on any atom is 0.170 e. The first-order valence-electron chi connectivity index (χ1n) is 9.55. The summed E-state index contributed by atoms with van der Waals surface area (Å²) in [6, 6.07) is 14.2.